The second-order valence-electron chi connectivity index (χ2n) is 7.83. The number of hydrogen-bond acceptors (Lipinski definition) is 4. The largest absolute Gasteiger partial charge is 0.494 e. The molecule has 1 aliphatic heterocycles. The van der Waals surface area contributed by atoms with Gasteiger partial charge in [-0.05, 0) is 57.5 Å². The number of sulfone groups is 1. The second kappa shape index (κ2) is 5.61. The molecular formula is C17H25BO4S. The van der Waals surface area contributed by atoms with Gasteiger partial charge in [0.25, 0.3) is 0 Å². The van der Waals surface area contributed by atoms with Crippen LogP contribution in [0.4, 0.5) is 0 Å². The lowest BCUT2D eigenvalue weighted by Gasteiger charge is -2.32. The third-order valence-electron chi connectivity index (χ3n) is 5.08. The molecular weight excluding hydrogens is 311 g/mol. The highest BCUT2D eigenvalue weighted by Crippen LogP contribution is 2.36. The van der Waals surface area contributed by atoms with Gasteiger partial charge < -0.3 is 9.31 Å². The van der Waals surface area contributed by atoms with Gasteiger partial charge in [-0.25, -0.2) is 8.42 Å². The minimum absolute atomic E-state index is 0.118. The summed E-state index contributed by atoms with van der Waals surface area (Å²) in [6.07, 6.45) is 2.11. The molecule has 6 heteroatoms. The Hall–Kier alpha value is -0.845. The van der Waals surface area contributed by atoms with E-state index in [2.05, 4.69) is 0 Å². The topological polar surface area (TPSA) is 52.6 Å². The van der Waals surface area contributed by atoms with Gasteiger partial charge in [-0.3, -0.25) is 0 Å². The molecule has 1 aromatic rings. The van der Waals surface area contributed by atoms with Crippen molar-refractivity contribution in [2.45, 2.75) is 57.5 Å². The highest BCUT2D eigenvalue weighted by atomic mass is 32.2. The molecule has 1 heterocycles. The SMILES string of the molecule is CC1(C)OB(c2ccc(CS(=O)(=O)CC3CC3)cc2)OC1(C)C. The Morgan fingerprint density at radius 3 is 2.04 bits per heavy atom. The Morgan fingerprint density at radius 1 is 1.04 bits per heavy atom. The molecule has 0 spiro atoms. The normalized spacial score (nSPS) is 23.2. The minimum atomic E-state index is -3.00. The maximum atomic E-state index is 12.1. The third-order valence-corrected chi connectivity index (χ3v) is 6.83. The Labute approximate surface area is 139 Å². The third kappa shape index (κ3) is 3.81. The summed E-state index contributed by atoms with van der Waals surface area (Å²) < 4.78 is 36.2. The molecule has 2 aliphatic rings. The van der Waals surface area contributed by atoms with Gasteiger partial charge in [0.1, 0.15) is 0 Å². The van der Waals surface area contributed by atoms with Gasteiger partial charge in [0.05, 0.1) is 22.7 Å². The van der Waals surface area contributed by atoms with Crippen LogP contribution in [0.25, 0.3) is 0 Å². The predicted octanol–water partition coefficient (Wildman–Crippen LogP) is 2.31. The maximum absolute atomic E-state index is 12.1. The minimum Gasteiger partial charge on any atom is -0.399 e. The van der Waals surface area contributed by atoms with Crippen molar-refractivity contribution in [1.29, 1.82) is 0 Å². The zero-order chi connectivity index (χ0) is 16.9. The monoisotopic (exact) mass is 336 g/mol. The van der Waals surface area contributed by atoms with Crippen LogP contribution in [0.1, 0.15) is 46.1 Å². The molecule has 0 radical (unpaired) electrons. The molecule has 126 valence electrons. The molecule has 1 saturated carbocycles. The van der Waals surface area contributed by atoms with E-state index in [0.717, 1.165) is 23.9 Å². The Kier molecular flexibility index (Phi) is 4.14. The highest BCUT2D eigenvalue weighted by molar-refractivity contribution is 7.90. The van der Waals surface area contributed by atoms with Crippen molar-refractivity contribution in [1.82, 2.24) is 0 Å². The summed E-state index contributed by atoms with van der Waals surface area (Å²) >= 11 is 0. The summed E-state index contributed by atoms with van der Waals surface area (Å²) in [5, 5.41) is 0. The molecule has 3 rings (SSSR count). The van der Waals surface area contributed by atoms with Gasteiger partial charge in [0, 0.05) is 0 Å². The van der Waals surface area contributed by atoms with E-state index >= 15 is 0 Å². The molecule has 0 unspecified atom stereocenters. The van der Waals surface area contributed by atoms with Crippen molar-refractivity contribution in [3.63, 3.8) is 0 Å². The van der Waals surface area contributed by atoms with Crippen molar-refractivity contribution in [3.05, 3.63) is 29.8 Å². The molecule has 0 atom stereocenters. The van der Waals surface area contributed by atoms with Crippen molar-refractivity contribution >= 4 is 22.4 Å². The number of hydrogen-bond donors (Lipinski definition) is 0. The molecule has 23 heavy (non-hydrogen) atoms. The van der Waals surface area contributed by atoms with Crippen LogP contribution in [0.15, 0.2) is 24.3 Å². The summed E-state index contributed by atoms with van der Waals surface area (Å²) in [6.45, 7) is 8.08. The van der Waals surface area contributed by atoms with Crippen LogP contribution in [0.2, 0.25) is 0 Å². The first kappa shape index (κ1) is 17.0. The van der Waals surface area contributed by atoms with E-state index in [1.807, 2.05) is 52.0 Å². The first-order chi connectivity index (χ1) is 10.6. The average molecular weight is 336 g/mol. The van der Waals surface area contributed by atoms with Gasteiger partial charge in [-0.2, -0.15) is 0 Å². The van der Waals surface area contributed by atoms with Crippen molar-refractivity contribution in [2.75, 3.05) is 5.75 Å². The standard InChI is InChI=1S/C17H25BO4S/c1-16(2)17(3,4)22-18(21-16)15-9-7-14(8-10-15)12-23(19,20)11-13-5-6-13/h7-10,13H,5-6,11-12H2,1-4H3. The summed E-state index contributed by atoms with van der Waals surface area (Å²) in [5.41, 5.74) is 1.01. The van der Waals surface area contributed by atoms with Crippen LogP contribution in [0, 0.1) is 5.92 Å². The maximum Gasteiger partial charge on any atom is 0.494 e. The lowest BCUT2D eigenvalue weighted by atomic mass is 9.79. The van der Waals surface area contributed by atoms with Gasteiger partial charge in [0.2, 0.25) is 0 Å². The molecule has 4 nitrogen and oxygen atoms in total. The lowest BCUT2D eigenvalue weighted by molar-refractivity contribution is 0.00578. The van der Waals surface area contributed by atoms with Gasteiger partial charge in [0.15, 0.2) is 9.84 Å². The molecule has 0 aromatic heterocycles. The Bertz CT molecular complexity index is 659. The van der Waals surface area contributed by atoms with E-state index in [0.29, 0.717) is 11.7 Å². The zero-order valence-corrected chi connectivity index (χ0v) is 15.2. The van der Waals surface area contributed by atoms with E-state index in [4.69, 9.17) is 9.31 Å². The van der Waals surface area contributed by atoms with Crippen LogP contribution in [-0.4, -0.2) is 32.5 Å². The highest BCUT2D eigenvalue weighted by Gasteiger charge is 2.51. The lowest BCUT2D eigenvalue weighted by Crippen LogP contribution is -2.41. The molecule has 0 bridgehead atoms. The van der Waals surface area contributed by atoms with Crippen LogP contribution in [0.3, 0.4) is 0 Å². The fraction of sp³-hybridized carbons (Fsp3) is 0.647. The van der Waals surface area contributed by atoms with Gasteiger partial charge in [-0.15, -0.1) is 0 Å². The molecule has 1 aromatic carbocycles. The van der Waals surface area contributed by atoms with E-state index in [9.17, 15) is 8.42 Å². The summed E-state index contributed by atoms with van der Waals surface area (Å²) in [7, 11) is -3.41. The Morgan fingerprint density at radius 2 is 1.57 bits per heavy atom. The first-order valence-electron chi connectivity index (χ1n) is 8.23. The fourth-order valence-electron chi connectivity index (χ4n) is 2.71. The summed E-state index contributed by atoms with van der Waals surface area (Å²) in [5.74, 6) is 0.836. The van der Waals surface area contributed by atoms with Gasteiger partial charge in [-0.1, -0.05) is 24.3 Å². The molecule has 1 aliphatic carbocycles. The van der Waals surface area contributed by atoms with Crippen LogP contribution < -0.4 is 5.46 Å². The van der Waals surface area contributed by atoms with Crippen molar-refractivity contribution in [3.8, 4) is 0 Å². The van der Waals surface area contributed by atoms with Crippen LogP contribution in [-0.2, 0) is 24.9 Å². The van der Waals surface area contributed by atoms with E-state index in [1.165, 1.54) is 0 Å². The quantitative estimate of drug-likeness (QED) is 0.775. The molecule has 0 amide bonds. The summed E-state index contributed by atoms with van der Waals surface area (Å²) in [4.78, 5) is 0. The fourth-order valence-corrected chi connectivity index (χ4v) is 4.58. The molecule has 0 N–H and O–H groups in total. The van der Waals surface area contributed by atoms with Crippen molar-refractivity contribution < 1.29 is 17.7 Å². The Balaban J connectivity index is 1.68. The average Bonchev–Trinajstić information content (AvgIpc) is 3.16. The van der Waals surface area contributed by atoms with Gasteiger partial charge >= 0.3 is 7.12 Å². The van der Waals surface area contributed by atoms with E-state index in [1.54, 1.807) is 0 Å². The zero-order valence-electron chi connectivity index (χ0n) is 14.3. The number of rotatable bonds is 5. The smallest absolute Gasteiger partial charge is 0.399 e. The van der Waals surface area contributed by atoms with E-state index < -0.39 is 17.0 Å². The molecule has 2 fully saturated rings. The van der Waals surface area contributed by atoms with Crippen LogP contribution in [0.5, 0.6) is 0 Å². The molecule has 1 saturated heterocycles. The number of benzene rings is 1. The first-order valence-corrected chi connectivity index (χ1v) is 10.1. The second-order valence-corrected chi connectivity index (χ2v) is 9.94. The van der Waals surface area contributed by atoms with Crippen LogP contribution >= 0.6 is 0 Å². The predicted molar refractivity (Wildman–Crippen MR) is 92.4 cm³/mol. The van der Waals surface area contributed by atoms with Crippen molar-refractivity contribution in [2.24, 2.45) is 5.92 Å². The van der Waals surface area contributed by atoms with E-state index in [-0.39, 0.29) is 17.0 Å². The summed E-state index contributed by atoms with van der Waals surface area (Å²) in [6, 6.07) is 7.55.